The second-order valence-electron chi connectivity index (χ2n) is 28.0. The Balaban J connectivity index is 1.12. The Hall–Kier alpha value is -7.35. The Morgan fingerprint density at radius 3 is 1.94 bits per heavy atom. The van der Waals surface area contributed by atoms with Crippen LogP contribution in [0.2, 0.25) is 0 Å². The zero-order chi connectivity index (χ0) is 53.6. The molecule has 8 heterocycles. The van der Waals surface area contributed by atoms with E-state index in [2.05, 4.69) is 256 Å². The molecule has 7 aromatic carbocycles. The maximum atomic E-state index is 6.53. The van der Waals surface area contributed by atoms with Crippen LogP contribution in [-0.4, -0.2) is 17.5 Å². The highest BCUT2D eigenvalue weighted by atomic mass is 16.5. The summed E-state index contributed by atoms with van der Waals surface area (Å²) in [5, 5.41) is 2.56. The van der Waals surface area contributed by atoms with E-state index in [0.29, 0.717) is 26.3 Å². The fraction of sp³-hybridized carbons (Fsp3) is 0.292. The molecule has 1 fully saturated rings. The maximum absolute atomic E-state index is 6.53. The molecule has 5 unspecified atom stereocenters. The largest absolute Gasteiger partial charge is 0.498 e. The third kappa shape index (κ3) is 5.47. The molecule has 0 radical (unpaired) electrons. The van der Waals surface area contributed by atoms with Crippen LogP contribution in [0.4, 0.5) is 34.1 Å². The van der Waals surface area contributed by atoms with E-state index in [1.54, 1.807) is 0 Å². The number of hydrogen-bond acceptors (Lipinski definition) is 1. The van der Waals surface area contributed by atoms with Gasteiger partial charge in [0.15, 0.2) is 6.20 Å². The average molecular weight is 1020 g/mol. The van der Waals surface area contributed by atoms with Gasteiger partial charge >= 0.3 is 12.1 Å². The first-order valence-electron chi connectivity index (χ1n) is 28.7. The molecule has 6 nitrogen and oxygen atoms in total. The molecule has 0 saturated carbocycles. The van der Waals surface area contributed by atoms with Crippen molar-refractivity contribution in [2.45, 2.75) is 113 Å². The summed E-state index contributed by atoms with van der Waals surface area (Å²) in [6.07, 6.45) is 9.56. The Morgan fingerprint density at radius 2 is 1.19 bits per heavy atom. The molecular weight excluding hydrogens is 951 g/mol. The van der Waals surface area contributed by atoms with E-state index in [4.69, 9.17) is 4.74 Å². The van der Waals surface area contributed by atoms with Crippen molar-refractivity contribution in [3.63, 3.8) is 0 Å². The van der Waals surface area contributed by atoms with Crippen LogP contribution in [-0.2, 0) is 17.3 Å². The summed E-state index contributed by atoms with van der Waals surface area (Å²) >= 11 is 0. The number of ether oxygens (including phenoxy) is 1. The second kappa shape index (κ2) is 14.7. The molecule has 16 rings (SSSR count). The number of fused-ring (bicyclic) bond motifs is 12. The Bertz CT molecular complexity index is 4260. The van der Waals surface area contributed by atoms with E-state index in [1.807, 2.05) is 0 Å². The van der Waals surface area contributed by atoms with Crippen molar-refractivity contribution in [3.05, 3.63) is 192 Å². The Labute approximate surface area is 460 Å². The number of nitrogens with zero attached hydrogens (tertiary/aromatic N) is 5. The van der Waals surface area contributed by atoms with Gasteiger partial charge in [-0.1, -0.05) is 161 Å². The van der Waals surface area contributed by atoms with Crippen molar-refractivity contribution in [3.8, 4) is 44.9 Å². The van der Waals surface area contributed by atoms with Gasteiger partial charge < -0.3 is 4.74 Å². The van der Waals surface area contributed by atoms with Gasteiger partial charge in [0.05, 0.1) is 17.7 Å². The first kappa shape index (κ1) is 46.7. The predicted molar refractivity (Wildman–Crippen MR) is 323 cm³/mol. The zero-order valence-corrected chi connectivity index (χ0v) is 47.5. The van der Waals surface area contributed by atoms with Gasteiger partial charge in [-0.2, -0.15) is 4.57 Å². The lowest BCUT2D eigenvalue weighted by molar-refractivity contribution is -0.793. The number of para-hydroxylation sites is 5. The van der Waals surface area contributed by atoms with Gasteiger partial charge in [-0.15, -0.1) is 0 Å². The van der Waals surface area contributed by atoms with Gasteiger partial charge in [-0.05, 0) is 138 Å². The van der Waals surface area contributed by atoms with Gasteiger partial charge in [0.25, 0.3) is 22.7 Å². The minimum Gasteiger partial charge on any atom is -0.493 e. The van der Waals surface area contributed by atoms with Crippen LogP contribution in [0.15, 0.2) is 170 Å². The molecule has 1 saturated heterocycles. The summed E-state index contributed by atoms with van der Waals surface area (Å²) in [7, 11) is 0. The highest BCUT2D eigenvalue weighted by Gasteiger charge is 3.11. The number of hydrogen-bond donors (Lipinski definition) is 0. The number of aromatic nitrogens is 2. The number of rotatable bonds is 3. The lowest BCUT2D eigenvalue weighted by Crippen LogP contribution is -2.74. The van der Waals surface area contributed by atoms with Crippen molar-refractivity contribution in [2.75, 3.05) is 6.61 Å². The summed E-state index contributed by atoms with van der Waals surface area (Å²) in [5.41, 5.74) is 26.5. The van der Waals surface area contributed by atoms with Gasteiger partial charge in [0.1, 0.15) is 11.3 Å². The van der Waals surface area contributed by atoms with E-state index in [0.717, 1.165) is 18.6 Å². The van der Waals surface area contributed by atoms with Crippen LogP contribution in [0.3, 0.4) is 0 Å². The quantitative estimate of drug-likeness (QED) is 0.0980. The van der Waals surface area contributed by atoms with Crippen LogP contribution in [0.1, 0.15) is 112 Å². The first-order valence-corrected chi connectivity index (χ1v) is 28.7. The van der Waals surface area contributed by atoms with E-state index in [-0.39, 0.29) is 27.9 Å². The SMILES string of the molecule is CC(C)(C)C1=CC(c2cccc(-c3cc(C(C)(C)C)cc(C(C)(C)C)c3)c2[N+]23c4ccccc4[N+]24c2cccc5c2[N+]2(c6c(ccc7c8ccccc8n(c67)-c6cccc[n+]62)-c2cc6c(cc2-5)CCO6)C43)=CC(C(C)(C)C)C1. The average Bonchev–Trinajstić information content (AvgIpc) is 1.44. The van der Waals surface area contributed by atoms with E-state index in [1.165, 1.54) is 129 Å². The summed E-state index contributed by atoms with van der Waals surface area (Å²) in [5.74, 6) is 2.54. The molecule has 6 heteroatoms. The third-order valence-corrected chi connectivity index (χ3v) is 19.6. The van der Waals surface area contributed by atoms with Gasteiger partial charge in [0, 0.05) is 66.4 Å². The van der Waals surface area contributed by atoms with E-state index < -0.39 is 0 Å². The number of quaternary nitrogens is 3. The van der Waals surface area contributed by atoms with Gasteiger partial charge in [-0.25, -0.2) is 0 Å². The molecule has 78 heavy (non-hydrogen) atoms. The molecule has 5 atom stereocenters. The molecule has 7 aliphatic rings. The van der Waals surface area contributed by atoms with E-state index in [9.17, 15) is 0 Å². The highest BCUT2D eigenvalue weighted by Crippen LogP contribution is 2.86. The van der Waals surface area contributed by atoms with Crippen molar-refractivity contribution >= 4 is 61.5 Å². The Morgan fingerprint density at radius 1 is 0.538 bits per heavy atom. The number of benzene rings is 7. The number of allylic oxidation sites excluding steroid dienone is 4. The van der Waals surface area contributed by atoms with Crippen LogP contribution in [0, 0.1) is 16.7 Å². The first-order chi connectivity index (χ1) is 37.2. The fourth-order valence-corrected chi connectivity index (χ4v) is 15.7. The zero-order valence-electron chi connectivity index (χ0n) is 47.5. The molecule has 386 valence electrons. The highest BCUT2D eigenvalue weighted by molar-refractivity contribution is 6.20. The van der Waals surface area contributed by atoms with Crippen LogP contribution in [0.5, 0.6) is 5.75 Å². The molecule has 0 N–H and O–H groups in total. The minimum atomic E-state index is -0.125. The topological polar surface area (TPSA) is 18.0 Å². The lowest BCUT2D eigenvalue weighted by Gasteiger charge is -2.38. The maximum Gasteiger partial charge on any atom is 0.498 e. The number of pyridine rings is 1. The Kier molecular flexibility index (Phi) is 8.78. The molecule has 9 aromatic rings. The summed E-state index contributed by atoms with van der Waals surface area (Å²) in [4.78, 5) is 0. The predicted octanol–water partition coefficient (Wildman–Crippen LogP) is 18.3. The summed E-state index contributed by atoms with van der Waals surface area (Å²) in [6, 6.07) is 57.8. The van der Waals surface area contributed by atoms with Gasteiger partial charge in [0.2, 0.25) is 16.9 Å². The van der Waals surface area contributed by atoms with Crippen molar-refractivity contribution in [1.82, 2.24) is 18.3 Å². The molecule has 2 aromatic heterocycles. The second-order valence-corrected chi connectivity index (χ2v) is 28.0. The molecule has 0 amide bonds. The third-order valence-electron chi connectivity index (χ3n) is 19.6. The van der Waals surface area contributed by atoms with E-state index >= 15 is 0 Å². The standard InChI is InChI=1S/C72H71N5O/c1-69(2,3)46-35-44(36-47(40-46)70(4,5)6)50-22-19-23-51(45-37-48(71(7,8)9)41-49(38-45)72(10,11)12)65(50)77-60-27-16-15-26-59(60)76(77)61-28-20-24-54-56-39-43-32-34-78-62(43)42-57(56)55-31-30-53-52-21-13-14-25-58(52)74-63-29-17-18-33-73(63)75(66(54)61,68(76)77)67(55)64(53)74/h13-31,33,35-40,42,48,68H,32,34,41H2,1-12H3/q+4. The van der Waals surface area contributed by atoms with Crippen molar-refractivity contribution < 1.29 is 9.41 Å². The monoisotopic (exact) mass is 1020 g/mol. The van der Waals surface area contributed by atoms with Crippen molar-refractivity contribution in [1.29, 1.82) is 0 Å². The summed E-state index contributed by atoms with van der Waals surface area (Å²) in [6.45, 7) is 29.6. The normalized spacial score (nSPS) is 23.6. The van der Waals surface area contributed by atoms with Crippen LogP contribution < -0.4 is 23.2 Å². The molecule has 0 bridgehead atoms. The van der Waals surface area contributed by atoms with Crippen LogP contribution >= 0.6 is 0 Å². The molecule has 2 spiro atoms. The molecular formula is C72H71N5O+4. The lowest BCUT2D eigenvalue weighted by atomic mass is 9.68. The summed E-state index contributed by atoms with van der Waals surface area (Å²) < 4.78 is 13.6. The van der Waals surface area contributed by atoms with Crippen LogP contribution in [0.25, 0.3) is 66.6 Å². The van der Waals surface area contributed by atoms with Gasteiger partial charge in [-0.3, -0.25) is 0 Å². The fourth-order valence-electron chi connectivity index (χ4n) is 15.7. The molecule has 6 aliphatic heterocycles. The molecule has 1 aliphatic carbocycles. The van der Waals surface area contributed by atoms with Crippen molar-refractivity contribution in [2.24, 2.45) is 16.7 Å². The smallest absolute Gasteiger partial charge is 0.493 e. The minimum absolute atomic E-state index is 0.00516.